The number of ether oxygens (including phenoxy) is 2. The molecule has 0 aliphatic heterocycles. The molecule has 1 rings (SSSR count). The molecule has 0 fully saturated rings. The van der Waals surface area contributed by atoms with Crippen molar-refractivity contribution in [1.29, 1.82) is 0 Å². The largest absolute Gasteiger partial charge is 0.493 e. The lowest BCUT2D eigenvalue weighted by Crippen LogP contribution is -2.37. The third-order valence-corrected chi connectivity index (χ3v) is 3.72. The molecule has 0 heterocycles. The van der Waals surface area contributed by atoms with Gasteiger partial charge in [0, 0.05) is 20.6 Å². The fourth-order valence-electron chi connectivity index (χ4n) is 1.20. The molecule has 0 atom stereocenters. The molecule has 0 aliphatic carbocycles. The summed E-state index contributed by atoms with van der Waals surface area (Å²) < 4.78 is 36.8. The van der Waals surface area contributed by atoms with Crippen molar-refractivity contribution in [3.8, 4) is 11.5 Å². The summed E-state index contributed by atoms with van der Waals surface area (Å²) in [7, 11) is 1.08. The van der Waals surface area contributed by atoms with Gasteiger partial charge in [0.15, 0.2) is 11.5 Å². The van der Waals surface area contributed by atoms with Crippen LogP contribution in [0.25, 0.3) is 0 Å². The van der Waals surface area contributed by atoms with E-state index in [9.17, 15) is 8.42 Å². The molecule has 0 radical (unpaired) electrons. The molecule has 7 heteroatoms. The fourth-order valence-corrected chi connectivity index (χ4v) is 1.80. The Morgan fingerprint density at radius 3 is 2.39 bits per heavy atom. The first-order chi connectivity index (χ1) is 8.47. The first-order valence-electron chi connectivity index (χ1n) is 5.40. The summed E-state index contributed by atoms with van der Waals surface area (Å²) in [5, 5.41) is 0. The highest BCUT2D eigenvalue weighted by atomic mass is 32.2. The van der Waals surface area contributed by atoms with Crippen molar-refractivity contribution in [1.82, 2.24) is 9.03 Å². The van der Waals surface area contributed by atoms with Crippen LogP contribution in [0.4, 0.5) is 0 Å². The number of benzene rings is 1. The van der Waals surface area contributed by atoms with E-state index in [-0.39, 0.29) is 13.2 Å². The van der Waals surface area contributed by atoms with Gasteiger partial charge in [0.05, 0.1) is 7.11 Å². The van der Waals surface area contributed by atoms with Crippen LogP contribution in [0.5, 0.6) is 11.5 Å². The van der Waals surface area contributed by atoms with Crippen molar-refractivity contribution < 1.29 is 17.9 Å². The number of nitrogens with one attached hydrogen (secondary N) is 1. The molecule has 1 N–H and O–H groups in total. The van der Waals surface area contributed by atoms with Crippen LogP contribution < -0.4 is 14.2 Å². The van der Waals surface area contributed by atoms with Gasteiger partial charge >= 0.3 is 0 Å². The van der Waals surface area contributed by atoms with E-state index in [1.165, 1.54) is 14.1 Å². The van der Waals surface area contributed by atoms with Crippen molar-refractivity contribution in [2.45, 2.75) is 0 Å². The quantitative estimate of drug-likeness (QED) is 0.734. The van der Waals surface area contributed by atoms with Gasteiger partial charge in [-0.15, -0.1) is 0 Å². The van der Waals surface area contributed by atoms with Gasteiger partial charge in [-0.3, -0.25) is 0 Å². The van der Waals surface area contributed by atoms with Gasteiger partial charge in [-0.1, -0.05) is 12.1 Å². The van der Waals surface area contributed by atoms with Crippen molar-refractivity contribution in [3.05, 3.63) is 24.3 Å². The Balaban J connectivity index is 2.43. The normalized spacial score (nSPS) is 11.6. The zero-order valence-electron chi connectivity index (χ0n) is 10.7. The third-order valence-electron chi connectivity index (χ3n) is 2.19. The Labute approximate surface area is 108 Å². The lowest BCUT2D eigenvalue weighted by atomic mass is 10.3. The Morgan fingerprint density at radius 1 is 1.22 bits per heavy atom. The molecule has 0 saturated heterocycles. The van der Waals surface area contributed by atoms with E-state index in [4.69, 9.17) is 9.47 Å². The SMILES string of the molecule is COc1ccccc1OCCNS(=O)(=O)N(C)C. The van der Waals surface area contributed by atoms with E-state index in [2.05, 4.69) is 4.72 Å². The van der Waals surface area contributed by atoms with Gasteiger partial charge in [0.1, 0.15) is 6.61 Å². The standard InChI is InChI=1S/C11H18N2O4S/c1-13(2)18(14,15)12-8-9-17-11-7-5-4-6-10(11)16-3/h4-7,12H,8-9H2,1-3H3. The minimum atomic E-state index is -3.40. The number of hydrogen-bond acceptors (Lipinski definition) is 4. The average Bonchev–Trinajstić information content (AvgIpc) is 2.35. The maximum Gasteiger partial charge on any atom is 0.279 e. The minimum absolute atomic E-state index is 0.193. The molecule has 0 unspecified atom stereocenters. The molecule has 0 spiro atoms. The van der Waals surface area contributed by atoms with Crippen LogP contribution in [0.1, 0.15) is 0 Å². The molecular weight excluding hydrogens is 256 g/mol. The zero-order valence-corrected chi connectivity index (χ0v) is 11.5. The van der Waals surface area contributed by atoms with Gasteiger partial charge in [0.25, 0.3) is 10.2 Å². The fraction of sp³-hybridized carbons (Fsp3) is 0.455. The number of para-hydroxylation sites is 2. The number of hydrogen-bond donors (Lipinski definition) is 1. The van der Waals surface area contributed by atoms with Crippen molar-refractivity contribution in [2.24, 2.45) is 0 Å². The molecule has 1 aromatic carbocycles. The third kappa shape index (κ3) is 4.17. The summed E-state index contributed by atoms with van der Waals surface area (Å²) in [5.41, 5.74) is 0. The van der Waals surface area contributed by atoms with Crippen LogP contribution in [0.2, 0.25) is 0 Å². The average molecular weight is 274 g/mol. The van der Waals surface area contributed by atoms with Crippen molar-refractivity contribution >= 4 is 10.2 Å². The number of nitrogens with zero attached hydrogens (tertiary/aromatic N) is 1. The van der Waals surface area contributed by atoms with Crippen molar-refractivity contribution in [3.63, 3.8) is 0 Å². The highest BCUT2D eigenvalue weighted by Gasteiger charge is 2.11. The summed E-state index contributed by atoms with van der Waals surface area (Å²) in [6, 6.07) is 7.20. The lowest BCUT2D eigenvalue weighted by molar-refractivity contribution is 0.298. The van der Waals surface area contributed by atoms with Crippen LogP contribution >= 0.6 is 0 Å². The van der Waals surface area contributed by atoms with Crippen LogP contribution in [-0.4, -0.2) is 47.1 Å². The highest BCUT2D eigenvalue weighted by Crippen LogP contribution is 2.25. The smallest absolute Gasteiger partial charge is 0.279 e. The van der Waals surface area contributed by atoms with Gasteiger partial charge < -0.3 is 9.47 Å². The number of rotatable bonds is 7. The molecule has 0 aromatic heterocycles. The van der Waals surface area contributed by atoms with Gasteiger partial charge in [-0.2, -0.15) is 17.4 Å². The lowest BCUT2D eigenvalue weighted by Gasteiger charge is -2.13. The molecule has 18 heavy (non-hydrogen) atoms. The second-order valence-corrected chi connectivity index (χ2v) is 5.65. The Bertz CT molecular complexity index is 474. The maximum atomic E-state index is 11.4. The van der Waals surface area contributed by atoms with E-state index in [0.29, 0.717) is 11.5 Å². The molecule has 102 valence electrons. The molecule has 6 nitrogen and oxygen atoms in total. The van der Waals surface area contributed by atoms with Crippen LogP contribution in [0.3, 0.4) is 0 Å². The van der Waals surface area contributed by atoms with E-state index >= 15 is 0 Å². The second-order valence-electron chi connectivity index (χ2n) is 3.68. The maximum absolute atomic E-state index is 11.4. The van der Waals surface area contributed by atoms with Gasteiger partial charge in [0.2, 0.25) is 0 Å². The van der Waals surface area contributed by atoms with Gasteiger partial charge in [-0.05, 0) is 12.1 Å². The molecule has 0 saturated carbocycles. The summed E-state index contributed by atoms with van der Waals surface area (Å²) in [4.78, 5) is 0. The second kappa shape index (κ2) is 6.58. The van der Waals surface area contributed by atoms with E-state index in [0.717, 1.165) is 4.31 Å². The van der Waals surface area contributed by atoms with Crippen LogP contribution in [0, 0.1) is 0 Å². The van der Waals surface area contributed by atoms with Crippen molar-refractivity contribution in [2.75, 3.05) is 34.4 Å². The molecule has 1 aromatic rings. The Kier molecular flexibility index (Phi) is 5.39. The first kappa shape index (κ1) is 14.7. The summed E-state index contributed by atoms with van der Waals surface area (Å²) in [6.07, 6.45) is 0. The summed E-state index contributed by atoms with van der Waals surface area (Å²) in [5.74, 6) is 1.21. The molecule has 0 amide bonds. The predicted octanol–water partition coefficient (Wildman–Crippen LogP) is 0.470. The molecular formula is C11H18N2O4S. The first-order valence-corrected chi connectivity index (χ1v) is 6.84. The summed E-state index contributed by atoms with van der Waals surface area (Å²) >= 11 is 0. The molecule has 0 bridgehead atoms. The Hall–Kier alpha value is -1.31. The highest BCUT2D eigenvalue weighted by molar-refractivity contribution is 7.87. The van der Waals surface area contributed by atoms with Crippen LogP contribution in [0.15, 0.2) is 24.3 Å². The minimum Gasteiger partial charge on any atom is -0.493 e. The topological polar surface area (TPSA) is 67.9 Å². The van der Waals surface area contributed by atoms with E-state index in [1.54, 1.807) is 19.2 Å². The summed E-state index contributed by atoms with van der Waals surface area (Å²) in [6.45, 7) is 0.423. The predicted molar refractivity (Wildman–Crippen MR) is 69.1 cm³/mol. The van der Waals surface area contributed by atoms with Gasteiger partial charge in [-0.25, -0.2) is 0 Å². The zero-order chi connectivity index (χ0) is 13.6. The number of methoxy groups -OCH3 is 1. The Morgan fingerprint density at radius 2 is 1.83 bits per heavy atom. The molecule has 0 aliphatic rings. The van der Waals surface area contributed by atoms with E-state index in [1.807, 2.05) is 12.1 Å². The van der Waals surface area contributed by atoms with E-state index < -0.39 is 10.2 Å². The van der Waals surface area contributed by atoms with Crippen LogP contribution in [-0.2, 0) is 10.2 Å². The monoisotopic (exact) mass is 274 g/mol.